The van der Waals surface area contributed by atoms with Gasteiger partial charge in [-0.2, -0.15) is 0 Å². The third kappa shape index (κ3) is 3.71. The lowest BCUT2D eigenvalue weighted by molar-refractivity contribution is -0.133. The molecule has 0 bridgehead atoms. The highest BCUT2D eigenvalue weighted by Gasteiger charge is 2.25. The van der Waals surface area contributed by atoms with Crippen LogP contribution in [0.25, 0.3) is 0 Å². The summed E-state index contributed by atoms with van der Waals surface area (Å²) in [6.45, 7) is 4.20. The molecule has 1 saturated heterocycles. The second-order valence-electron chi connectivity index (χ2n) is 5.32. The van der Waals surface area contributed by atoms with Crippen molar-refractivity contribution >= 4 is 5.91 Å². The highest BCUT2D eigenvalue weighted by molar-refractivity contribution is 5.82. The number of rotatable bonds is 4. The van der Waals surface area contributed by atoms with Gasteiger partial charge in [-0.15, -0.1) is 0 Å². The molecule has 1 heterocycles. The van der Waals surface area contributed by atoms with E-state index >= 15 is 0 Å². The Balaban J connectivity index is 1.93. The number of ether oxygens (including phenoxy) is 1. The van der Waals surface area contributed by atoms with Gasteiger partial charge in [0.15, 0.2) is 0 Å². The number of likely N-dealkylation sites (N-methyl/N-ethyl adjacent to an activating group) is 1. The molecule has 1 amide bonds. The van der Waals surface area contributed by atoms with E-state index in [-0.39, 0.29) is 11.9 Å². The average molecular weight is 277 g/mol. The first-order valence-electron chi connectivity index (χ1n) is 6.95. The van der Waals surface area contributed by atoms with E-state index in [0.717, 1.165) is 17.9 Å². The van der Waals surface area contributed by atoms with Crippen molar-refractivity contribution in [3.05, 3.63) is 29.8 Å². The SMILES string of the molecule is COc1cccc(CN(C)C(=O)C2CNC(C)CN2)c1. The van der Waals surface area contributed by atoms with Crippen LogP contribution in [-0.2, 0) is 11.3 Å². The Morgan fingerprint density at radius 1 is 1.40 bits per heavy atom. The summed E-state index contributed by atoms with van der Waals surface area (Å²) in [5.41, 5.74) is 1.07. The van der Waals surface area contributed by atoms with Gasteiger partial charge in [-0.1, -0.05) is 12.1 Å². The molecule has 20 heavy (non-hydrogen) atoms. The smallest absolute Gasteiger partial charge is 0.241 e. The number of hydrogen-bond donors (Lipinski definition) is 2. The summed E-state index contributed by atoms with van der Waals surface area (Å²) in [5, 5.41) is 6.60. The lowest BCUT2D eigenvalue weighted by Crippen LogP contribution is -2.58. The van der Waals surface area contributed by atoms with Gasteiger partial charge in [0.2, 0.25) is 5.91 Å². The Morgan fingerprint density at radius 3 is 2.85 bits per heavy atom. The summed E-state index contributed by atoms with van der Waals surface area (Å²) in [4.78, 5) is 14.1. The van der Waals surface area contributed by atoms with Crippen molar-refractivity contribution in [3.63, 3.8) is 0 Å². The fourth-order valence-electron chi connectivity index (χ4n) is 2.35. The number of carbonyl (C=O) groups excluding carboxylic acids is 1. The van der Waals surface area contributed by atoms with Crippen molar-refractivity contribution in [2.24, 2.45) is 0 Å². The molecule has 2 atom stereocenters. The van der Waals surface area contributed by atoms with E-state index in [0.29, 0.717) is 19.1 Å². The molecule has 5 heteroatoms. The Morgan fingerprint density at radius 2 is 2.20 bits per heavy atom. The minimum atomic E-state index is -0.137. The number of benzene rings is 1. The summed E-state index contributed by atoms with van der Waals surface area (Å²) in [6, 6.07) is 8.08. The Labute approximate surface area is 120 Å². The minimum Gasteiger partial charge on any atom is -0.497 e. The highest BCUT2D eigenvalue weighted by Crippen LogP contribution is 2.14. The average Bonchev–Trinajstić information content (AvgIpc) is 2.47. The molecule has 1 aliphatic rings. The van der Waals surface area contributed by atoms with E-state index in [1.807, 2.05) is 31.3 Å². The summed E-state index contributed by atoms with van der Waals surface area (Å²) >= 11 is 0. The van der Waals surface area contributed by atoms with Gasteiger partial charge >= 0.3 is 0 Å². The molecule has 0 radical (unpaired) electrons. The van der Waals surface area contributed by atoms with E-state index in [9.17, 15) is 4.79 Å². The monoisotopic (exact) mass is 277 g/mol. The van der Waals surface area contributed by atoms with Crippen molar-refractivity contribution in [1.29, 1.82) is 0 Å². The summed E-state index contributed by atoms with van der Waals surface area (Å²) in [5.74, 6) is 0.932. The van der Waals surface area contributed by atoms with E-state index in [2.05, 4.69) is 17.6 Å². The van der Waals surface area contributed by atoms with Gasteiger partial charge < -0.3 is 20.3 Å². The third-order valence-corrected chi connectivity index (χ3v) is 3.57. The minimum absolute atomic E-state index is 0.118. The number of nitrogens with one attached hydrogen (secondary N) is 2. The van der Waals surface area contributed by atoms with Crippen LogP contribution in [0.4, 0.5) is 0 Å². The van der Waals surface area contributed by atoms with E-state index in [1.54, 1.807) is 12.0 Å². The Hall–Kier alpha value is -1.59. The van der Waals surface area contributed by atoms with Crippen molar-refractivity contribution in [1.82, 2.24) is 15.5 Å². The number of methoxy groups -OCH3 is 1. The van der Waals surface area contributed by atoms with Crippen LogP contribution in [0.5, 0.6) is 5.75 Å². The van der Waals surface area contributed by atoms with Crippen LogP contribution in [-0.4, -0.2) is 50.1 Å². The second kappa shape index (κ2) is 6.72. The maximum atomic E-state index is 12.4. The lowest BCUT2D eigenvalue weighted by atomic mass is 10.1. The molecule has 0 saturated carbocycles. The van der Waals surface area contributed by atoms with E-state index in [4.69, 9.17) is 4.74 Å². The van der Waals surface area contributed by atoms with Gasteiger partial charge in [-0.25, -0.2) is 0 Å². The van der Waals surface area contributed by atoms with Gasteiger partial charge in [-0.05, 0) is 24.6 Å². The highest BCUT2D eigenvalue weighted by atomic mass is 16.5. The molecule has 0 aromatic heterocycles. The number of nitrogens with zero attached hydrogens (tertiary/aromatic N) is 1. The molecule has 2 unspecified atom stereocenters. The van der Waals surface area contributed by atoms with Gasteiger partial charge in [-0.3, -0.25) is 4.79 Å². The maximum Gasteiger partial charge on any atom is 0.241 e. The topological polar surface area (TPSA) is 53.6 Å². The molecule has 1 aromatic rings. The van der Waals surface area contributed by atoms with Crippen molar-refractivity contribution in [2.45, 2.75) is 25.6 Å². The molecule has 2 rings (SSSR count). The van der Waals surface area contributed by atoms with Crippen molar-refractivity contribution in [2.75, 3.05) is 27.2 Å². The first-order valence-corrected chi connectivity index (χ1v) is 6.95. The lowest BCUT2D eigenvalue weighted by Gasteiger charge is -2.31. The maximum absolute atomic E-state index is 12.4. The molecule has 1 fully saturated rings. The standard InChI is InChI=1S/C15H23N3O2/c1-11-8-17-14(9-16-11)15(19)18(2)10-12-5-4-6-13(7-12)20-3/h4-7,11,14,16-17H,8-10H2,1-3H3. The molecule has 2 N–H and O–H groups in total. The zero-order chi connectivity index (χ0) is 14.5. The summed E-state index contributed by atoms with van der Waals surface area (Å²) in [7, 11) is 3.48. The molecule has 0 aliphatic carbocycles. The summed E-state index contributed by atoms with van der Waals surface area (Å²) in [6.07, 6.45) is 0. The fraction of sp³-hybridized carbons (Fsp3) is 0.533. The number of carbonyl (C=O) groups is 1. The normalized spacial score (nSPS) is 22.4. The largest absolute Gasteiger partial charge is 0.497 e. The van der Waals surface area contributed by atoms with Crippen LogP contribution in [0.2, 0.25) is 0 Å². The molecule has 110 valence electrons. The predicted octanol–water partition coefficient (Wildman–Crippen LogP) is 0.604. The molecule has 5 nitrogen and oxygen atoms in total. The van der Waals surface area contributed by atoms with Gasteiger partial charge in [0.25, 0.3) is 0 Å². The van der Waals surface area contributed by atoms with Crippen molar-refractivity contribution in [3.8, 4) is 5.75 Å². The molecule has 1 aromatic carbocycles. The van der Waals surface area contributed by atoms with E-state index in [1.165, 1.54) is 0 Å². The summed E-state index contributed by atoms with van der Waals surface area (Å²) < 4.78 is 5.20. The van der Waals surface area contributed by atoms with Gasteiger partial charge in [0.1, 0.15) is 5.75 Å². The molecular weight excluding hydrogens is 254 g/mol. The predicted molar refractivity (Wildman–Crippen MR) is 78.7 cm³/mol. The van der Waals surface area contributed by atoms with E-state index < -0.39 is 0 Å². The van der Waals surface area contributed by atoms with Crippen LogP contribution >= 0.6 is 0 Å². The Kier molecular flexibility index (Phi) is 4.98. The number of piperazine rings is 1. The third-order valence-electron chi connectivity index (χ3n) is 3.57. The number of hydrogen-bond acceptors (Lipinski definition) is 4. The van der Waals surface area contributed by atoms with Crippen LogP contribution < -0.4 is 15.4 Å². The quantitative estimate of drug-likeness (QED) is 0.846. The van der Waals surface area contributed by atoms with Crippen LogP contribution in [0.1, 0.15) is 12.5 Å². The second-order valence-corrected chi connectivity index (χ2v) is 5.32. The fourth-order valence-corrected chi connectivity index (χ4v) is 2.35. The zero-order valence-corrected chi connectivity index (χ0v) is 12.3. The van der Waals surface area contributed by atoms with Crippen molar-refractivity contribution < 1.29 is 9.53 Å². The zero-order valence-electron chi connectivity index (χ0n) is 12.3. The number of amides is 1. The van der Waals surface area contributed by atoms with Crippen LogP contribution in [0.3, 0.4) is 0 Å². The van der Waals surface area contributed by atoms with Crippen LogP contribution in [0, 0.1) is 0 Å². The van der Waals surface area contributed by atoms with Gasteiger partial charge in [0, 0.05) is 32.7 Å². The molecule has 0 spiro atoms. The van der Waals surface area contributed by atoms with Crippen LogP contribution in [0.15, 0.2) is 24.3 Å². The Bertz CT molecular complexity index is 456. The van der Waals surface area contributed by atoms with Gasteiger partial charge in [0.05, 0.1) is 13.2 Å². The molecule has 1 aliphatic heterocycles. The first kappa shape index (κ1) is 14.8. The molecular formula is C15H23N3O2. The first-order chi connectivity index (χ1) is 9.60.